The molecule has 4 rings (SSSR count). The Labute approximate surface area is 200 Å². The molecule has 1 aromatic heterocycles. The van der Waals surface area contributed by atoms with Gasteiger partial charge in [-0.15, -0.1) is 10.2 Å². The summed E-state index contributed by atoms with van der Waals surface area (Å²) in [6.07, 6.45) is -1.94. The summed E-state index contributed by atoms with van der Waals surface area (Å²) >= 11 is 5.96. The van der Waals surface area contributed by atoms with Gasteiger partial charge in [0.1, 0.15) is 5.82 Å². The van der Waals surface area contributed by atoms with Crippen molar-refractivity contribution in [1.82, 2.24) is 20.0 Å². The maximum absolute atomic E-state index is 14.4. The van der Waals surface area contributed by atoms with Gasteiger partial charge in [0.2, 0.25) is 12.3 Å². The fraction of sp³-hybridized carbons (Fsp3) is 0.348. The molecule has 1 amide bonds. The molecule has 7 nitrogen and oxygen atoms in total. The molecule has 0 saturated carbocycles. The van der Waals surface area contributed by atoms with Crippen LogP contribution in [0.4, 0.5) is 18.9 Å². The molecule has 0 radical (unpaired) electrons. The third-order valence-corrected chi connectivity index (χ3v) is 5.51. The van der Waals surface area contributed by atoms with Gasteiger partial charge in [-0.25, -0.2) is 4.39 Å². The first-order valence-corrected chi connectivity index (χ1v) is 10.9. The zero-order valence-electron chi connectivity index (χ0n) is 18.8. The largest absolute Gasteiger partial charge is 0.415 e. The Kier molecular flexibility index (Phi) is 8.89. The molecule has 0 aliphatic carbocycles. The summed E-state index contributed by atoms with van der Waals surface area (Å²) in [7, 11) is 3.88. The molecule has 2 aromatic carbocycles. The number of amides is 1. The quantitative estimate of drug-likeness (QED) is 0.469. The van der Waals surface area contributed by atoms with E-state index in [-0.39, 0.29) is 11.5 Å². The van der Waals surface area contributed by atoms with Gasteiger partial charge in [-0.2, -0.15) is 8.78 Å². The number of aromatic nitrogens is 2. The molecule has 1 aliphatic heterocycles. The van der Waals surface area contributed by atoms with Crippen molar-refractivity contribution in [3.05, 3.63) is 64.8 Å². The highest BCUT2D eigenvalue weighted by Crippen LogP contribution is 2.26. The molecule has 0 atom stereocenters. The number of anilines is 1. The van der Waals surface area contributed by atoms with Crippen molar-refractivity contribution >= 4 is 23.7 Å². The van der Waals surface area contributed by atoms with Crippen molar-refractivity contribution in [3.8, 4) is 11.5 Å². The van der Waals surface area contributed by atoms with E-state index in [1.807, 2.05) is 24.1 Å². The average molecular weight is 496 g/mol. The molecule has 34 heavy (non-hydrogen) atoms. The van der Waals surface area contributed by atoms with E-state index in [0.717, 1.165) is 38.3 Å². The monoisotopic (exact) mass is 495 g/mol. The van der Waals surface area contributed by atoms with Crippen LogP contribution >= 0.6 is 11.6 Å². The summed E-state index contributed by atoms with van der Waals surface area (Å²) in [4.78, 5) is 16.0. The molecular weight excluding hydrogens is 471 g/mol. The van der Waals surface area contributed by atoms with Crippen molar-refractivity contribution in [2.24, 2.45) is 0 Å². The van der Waals surface area contributed by atoms with Gasteiger partial charge >= 0.3 is 6.43 Å². The van der Waals surface area contributed by atoms with Gasteiger partial charge in [-0.1, -0.05) is 23.7 Å². The second kappa shape index (κ2) is 11.8. The van der Waals surface area contributed by atoms with Crippen molar-refractivity contribution in [2.45, 2.75) is 13.0 Å². The first-order chi connectivity index (χ1) is 16.3. The molecule has 0 bridgehead atoms. The van der Waals surface area contributed by atoms with Crippen molar-refractivity contribution < 1.29 is 22.4 Å². The van der Waals surface area contributed by atoms with Crippen LogP contribution in [0.2, 0.25) is 5.02 Å². The molecule has 3 aromatic rings. The van der Waals surface area contributed by atoms with Crippen LogP contribution < -0.4 is 4.90 Å². The molecule has 0 unspecified atom stereocenters. The van der Waals surface area contributed by atoms with E-state index in [9.17, 15) is 18.0 Å². The molecule has 0 N–H and O–H groups in total. The number of hydrogen-bond donors (Lipinski definition) is 0. The normalized spacial score (nSPS) is 14.0. The SMILES string of the molecule is CN(Cc1ccc(-c2nnc(C(F)F)o2)cc1F)c1cccc(Cl)c1.CN1CCN(C=O)CC1. The highest BCUT2D eigenvalue weighted by Gasteiger charge is 2.18. The number of alkyl halides is 2. The zero-order chi connectivity index (χ0) is 24.7. The zero-order valence-corrected chi connectivity index (χ0v) is 19.6. The van der Waals surface area contributed by atoms with Crippen molar-refractivity contribution in [3.63, 3.8) is 0 Å². The number of piperazine rings is 1. The first-order valence-electron chi connectivity index (χ1n) is 10.5. The van der Waals surface area contributed by atoms with Gasteiger partial charge in [-0.3, -0.25) is 4.79 Å². The maximum Gasteiger partial charge on any atom is 0.314 e. The Bertz CT molecular complexity index is 1090. The Hall–Kier alpha value is -3.11. The van der Waals surface area contributed by atoms with Crippen LogP contribution in [-0.4, -0.2) is 66.7 Å². The van der Waals surface area contributed by atoms with E-state index in [1.54, 1.807) is 29.2 Å². The van der Waals surface area contributed by atoms with Crippen LogP contribution in [0.15, 0.2) is 46.9 Å². The predicted octanol–water partition coefficient (Wildman–Crippen LogP) is 4.49. The standard InChI is InChI=1S/C17H13ClF3N3O.C6H12N2O/c1-24(13-4-2-3-12(18)8-13)9-11-6-5-10(7-14(11)19)16-22-23-17(25-16)15(20)21;1-7-2-4-8(6-9)5-3-7/h2-8,15H,9H2,1H3;6H,2-5H2,1H3. The van der Waals surface area contributed by atoms with E-state index in [4.69, 9.17) is 16.0 Å². The third kappa shape index (κ3) is 6.94. The number of carbonyl (C=O) groups excluding carboxylic acids is 1. The van der Waals surface area contributed by atoms with Gasteiger partial charge in [0.05, 0.1) is 0 Å². The van der Waals surface area contributed by atoms with E-state index < -0.39 is 18.1 Å². The van der Waals surface area contributed by atoms with E-state index in [1.165, 1.54) is 6.07 Å². The van der Waals surface area contributed by atoms with Gasteiger partial charge in [0.15, 0.2) is 0 Å². The third-order valence-electron chi connectivity index (χ3n) is 5.27. The Morgan fingerprint density at radius 1 is 1.15 bits per heavy atom. The summed E-state index contributed by atoms with van der Waals surface area (Å²) < 4.78 is 44.2. The summed E-state index contributed by atoms with van der Waals surface area (Å²) in [5.74, 6) is -1.44. The van der Waals surface area contributed by atoms with E-state index in [0.29, 0.717) is 17.1 Å². The van der Waals surface area contributed by atoms with Gasteiger partial charge in [-0.05, 0) is 37.4 Å². The van der Waals surface area contributed by atoms with Crippen LogP contribution in [0.1, 0.15) is 17.9 Å². The second-order valence-electron chi connectivity index (χ2n) is 7.83. The lowest BCUT2D eigenvalue weighted by Gasteiger charge is -2.29. The number of rotatable bonds is 6. The summed E-state index contributed by atoms with van der Waals surface area (Å²) in [5, 5.41) is 7.33. The Balaban J connectivity index is 0.000000302. The minimum Gasteiger partial charge on any atom is -0.415 e. The summed E-state index contributed by atoms with van der Waals surface area (Å²) in [5.41, 5.74) is 1.51. The number of likely N-dealkylation sites (N-methyl/N-ethyl adjacent to an activating group) is 1. The molecule has 182 valence electrons. The van der Waals surface area contributed by atoms with Crippen LogP contribution in [0.25, 0.3) is 11.5 Å². The first kappa shape index (κ1) is 25.5. The molecule has 1 fully saturated rings. The van der Waals surface area contributed by atoms with Crippen LogP contribution in [0, 0.1) is 5.82 Å². The minimum atomic E-state index is -2.86. The van der Waals surface area contributed by atoms with Crippen LogP contribution in [0.3, 0.4) is 0 Å². The molecule has 2 heterocycles. The van der Waals surface area contributed by atoms with Crippen molar-refractivity contribution in [2.75, 3.05) is 45.2 Å². The summed E-state index contributed by atoms with van der Waals surface area (Å²) in [6, 6.07) is 11.5. The molecule has 1 saturated heterocycles. The minimum absolute atomic E-state index is 0.149. The number of benzene rings is 2. The predicted molar refractivity (Wildman–Crippen MR) is 123 cm³/mol. The lowest BCUT2D eigenvalue weighted by molar-refractivity contribution is -0.119. The smallest absolute Gasteiger partial charge is 0.314 e. The molecule has 1 aliphatic rings. The van der Waals surface area contributed by atoms with Gasteiger partial charge < -0.3 is 19.1 Å². The highest BCUT2D eigenvalue weighted by molar-refractivity contribution is 6.30. The molecular formula is C23H25ClF3N5O2. The van der Waals surface area contributed by atoms with Gasteiger partial charge in [0, 0.05) is 61.6 Å². The number of nitrogens with zero attached hydrogens (tertiary/aromatic N) is 5. The average Bonchev–Trinajstić information content (AvgIpc) is 3.32. The van der Waals surface area contributed by atoms with Crippen LogP contribution in [0.5, 0.6) is 0 Å². The lowest BCUT2D eigenvalue weighted by Crippen LogP contribution is -2.43. The second-order valence-corrected chi connectivity index (χ2v) is 8.27. The van der Waals surface area contributed by atoms with Crippen LogP contribution in [-0.2, 0) is 11.3 Å². The lowest BCUT2D eigenvalue weighted by atomic mass is 10.1. The highest BCUT2D eigenvalue weighted by atomic mass is 35.5. The Morgan fingerprint density at radius 2 is 1.88 bits per heavy atom. The molecule has 0 spiro atoms. The Morgan fingerprint density at radius 3 is 2.47 bits per heavy atom. The fourth-order valence-corrected chi connectivity index (χ4v) is 3.42. The number of carbonyl (C=O) groups is 1. The fourth-order valence-electron chi connectivity index (χ4n) is 3.24. The number of hydrogen-bond acceptors (Lipinski definition) is 6. The van der Waals surface area contributed by atoms with E-state index >= 15 is 0 Å². The van der Waals surface area contributed by atoms with Gasteiger partial charge in [0.25, 0.3) is 5.89 Å². The molecule has 11 heteroatoms. The van der Waals surface area contributed by atoms with E-state index in [2.05, 4.69) is 22.1 Å². The number of halogens is 4. The van der Waals surface area contributed by atoms with Crippen molar-refractivity contribution in [1.29, 1.82) is 0 Å². The maximum atomic E-state index is 14.4. The topological polar surface area (TPSA) is 65.7 Å². The summed E-state index contributed by atoms with van der Waals surface area (Å²) in [6.45, 7) is 4.11.